The standard InChI is InChI=1S/C46H26B2N2O2S2/c1-3-13-27(14-4-1)49-32-19-11-24-38-40(32)48(46-43(53-38)30-18-8-10-22-36(30)52-46)41-34(49)26-25-31-44(41)54-37-23-12-20-33-39(37)47(31)45-42(29-17-7-9-21-35(29)51-45)50(33)28-15-5-2-6-16-28/h1-26H. The molecule has 2 aromatic heterocycles. The fourth-order valence-corrected chi connectivity index (χ4v) is 12.0. The lowest BCUT2D eigenvalue weighted by molar-refractivity contribution is 0.645. The van der Waals surface area contributed by atoms with Gasteiger partial charge < -0.3 is 18.6 Å². The third-order valence-electron chi connectivity index (χ3n) is 11.6. The van der Waals surface area contributed by atoms with E-state index in [4.69, 9.17) is 8.83 Å². The smallest absolute Gasteiger partial charge is 0.295 e. The van der Waals surface area contributed by atoms with Crippen LogP contribution in [0.5, 0.6) is 0 Å². The first kappa shape index (κ1) is 29.5. The van der Waals surface area contributed by atoms with E-state index in [0.29, 0.717) is 0 Å². The van der Waals surface area contributed by atoms with Gasteiger partial charge in [-0.2, -0.15) is 0 Å². The van der Waals surface area contributed by atoms with Gasteiger partial charge in [0.1, 0.15) is 11.2 Å². The maximum atomic E-state index is 7.04. The summed E-state index contributed by atoms with van der Waals surface area (Å²) >= 11 is 3.75. The van der Waals surface area contributed by atoms with Crippen LogP contribution in [0.15, 0.2) is 186 Å². The second-order valence-electron chi connectivity index (χ2n) is 14.3. The molecule has 7 aromatic carbocycles. The molecular weight excluding hydrogens is 698 g/mol. The summed E-state index contributed by atoms with van der Waals surface area (Å²) in [5.41, 5.74) is 16.0. The van der Waals surface area contributed by atoms with E-state index in [9.17, 15) is 0 Å². The van der Waals surface area contributed by atoms with Crippen LogP contribution < -0.4 is 43.0 Å². The minimum Gasteiger partial charge on any atom is -0.469 e. The molecule has 54 heavy (non-hydrogen) atoms. The number of fused-ring (bicyclic) bond motifs is 13. The van der Waals surface area contributed by atoms with Crippen molar-refractivity contribution in [3.63, 3.8) is 0 Å². The molecule has 0 aliphatic carbocycles. The molecule has 6 heterocycles. The van der Waals surface area contributed by atoms with Crippen molar-refractivity contribution < 1.29 is 8.83 Å². The summed E-state index contributed by atoms with van der Waals surface area (Å²) < 4.78 is 14.0. The summed E-state index contributed by atoms with van der Waals surface area (Å²) in [6.07, 6.45) is 0. The average molecular weight is 724 g/mol. The van der Waals surface area contributed by atoms with Crippen molar-refractivity contribution in [3.8, 4) is 0 Å². The molecule has 0 atom stereocenters. The van der Waals surface area contributed by atoms with Crippen LogP contribution in [-0.4, -0.2) is 13.4 Å². The van der Waals surface area contributed by atoms with Crippen molar-refractivity contribution in [2.24, 2.45) is 0 Å². The van der Waals surface area contributed by atoms with E-state index in [1.165, 1.54) is 63.9 Å². The SMILES string of the molecule is c1ccc(N2c3cccc4c3B(c3oc5ccccc5c3S4)c3c2ccc2c3Sc3cccc4c3B2c2oc3ccccc3c2N4c2ccccc2)cc1. The zero-order valence-electron chi connectivity index (χ0n) is 28.7. The number of para-hydroxylation sites is 4. The predicted octanol–water partition coefficient (Wildman–Crippen LogP) is 8.71. The summed E-state index contributed by atoms with van der Waals surface area (Å²) in [5, 5.41) is 2.29. The maximum Gasteiger partial charge on any atom is 0.295 e. The molecule has 0 saturated heterocycles. The lowest BCUT2D eigenvalue weighted by atomic mass is 9.33. The molecule has 0 radical (unpaired) electrons. The highest BCUT2D eigenvalue weighted by molar-refractivity contribution is 8.01. The molecule has 0 amide bonds. The molecule has 8 heteroatoms. The third-order valence-corrected chi connectivity index (χ3v) is 14.0. The first-order chi connectivity index (χ1) is 26.8. The molecule has 0 fully saturated rings. The lowest BCUT2D eigenvalue weighted by Crippen LogP contribution is -2.64. The van der Waals surface area contributed by atoms with Gasteiger partial charge in [0.15, 0.2) is 0 Å². The first-order valence-electron chi connectivity index (χ1n) is 18.3. The zero-order valence-corrected chi connectivity index (χ0v) is 30.3. The van der Waals surface area contributed by atoms with Gasteiger partial charge in [0.25, 0.3) is 13.4 Å². The van der Waals surface area contributed by atoms with E-state index in [0.717, 1.165) is 44.9 Å². The van der Waals surface area contributed by atoms with E-state index in [1.54, 1.807) is 0 Å². The topological polar surface area (TPSA) is 32.8 Å². The number of benzene rings is 7. The van der Waals surface area contributed by atoms with E-state index in [-0.39, 0.29) is 13.4 Å². The van der Waals surface area contributed by atoms with Crippen LogP contribution in [0.4, 0.5) is 34.1 Å². The summed E-state index contributed by atoms with van der Waals surface area (Å²) in [7, 11) is 0. The Hall–Kier alpha value is -5.95. The van der Waals surface area contributed by atoms with Crippen LogP contribution in [0, 0.1) is 0 Å². The molecule has 9 aromatic rings. The molecule has 4 aliphatic heterocycles. The van der Waals surface area contributed by atoms with E-state index in [1.807, 2.05) is 23.5 Å². The van der Waals surface area contributed by atoms with Crippen LogP contribution in [0.25, 0.3) is 21.9 Å². The van der Waals surface area contributed by atoms with Crippen LogP contribution in [-0.2, 0) is 0 Å². The first-order valence-corrected chi connectivity index (χ1v) is 20.0. The number of furan rings is 2. The van der Waals surface area contributed by atoms with Gasteiger partial charge in [-0.05, 0) is 95.3 Å². The highest BCUT2D eigenvalue weighted by atomic mass is 32.2. The van der Waals surface area contributed by atoms with Crippen molar-refractivity contribution in [2.45, 2.75) is 19.6 Å². The number of rotatable bonds is 2. The van der Waals surface area contributed by atoms with E-state index < -0.39 is 0 Å². The molecule has 250 valence electrons. The molecule has 13 rings (SSSR count). The third kappa shape index (κ3) is 3.79. The fraction of sp³-hybridized carbons (Fsp3) is 0. The largest absolute Gasteiger partial charge is 0.469 e. The van der Waals surface area contributed by atoms with Gasteiger partial charge in [0.05, 0.1) is 21.9 Å². The fourth-order valence-electron chi connectivity index (χ4n) is 9.45. The summed E-state index contributed by atoms with van der Waals surface area (Å²) in [6, 6.07) is 56.9. The number of anilines is 6. The predicted molar refractivity (Wildman–Crippen MR) is 226 cm³/mol. The second-order valence-corrected chi connectivity index (χ2v) is 16.4. The number of nitrogens with zero attached hydrogens (tertiary/aromatic N) is 2. The molecule has 0 bridgehead atoms. The number of hydrogen-bond acceptors (Lipinski definition) is 6. The van der Waals surface area contributed by atoms with Crippen molar-refractivity contribution >= 4 is 126 Å². The highest BCUT2D eigenvalue weighted by Gasteiger charge is 2.50. The summed E-state index contributed by atoms with van der Waals surface area (Å²) in [5.74, 6) is 0. The van der Waals surface area contributed by atoms with Crippen molar-refractivity contribution in [1.29, 1.82) is 0 Å². The van der Waals surface area contributed by atoms with Gasteiger partial charge in [-0.1, -0.05) is 108 Å². The lowest BCUT2D eigenvalue weighted by Gasteiger charge is -2.42. The van der Waals surface area contributed by atoms with Gasteiger partial charge >= 0.3 is 0 Å². The van der Waals surface area contributed by atoms with Gasteiger partial charge in [-0.25, -0.2) is 0 Å². The van der Waals surface area contributed by atoms with Crippen LogP contribution in [0.2, 0.25) is 0 Å². The molecule has 0 saturated carbocycles. The molecule has 0 spiro atoms. The summed E-state index contributed by atoms with van der Waals surface area (Å²) in [4.78, 5) is 9.92. The Bertz CT molecular complexity index is 3050. The van der Waals surface area contributed by atoms with E-state index >= 15 is 0 Å². The Kier molecular flexibility index (Phi) is 5.91. The molecule has 0 N–H and O–H groups in total. The minimum atomic E-state index is -0.0879. The Morgan fingerprint density at radius 3 is 1.70 bits per heavy atom. The van der Waals surface area contributed by atoms with Crippen molar-refractivity contribution in [3.05, 3.63) is 158 Å². The molecule has 4 aliphatic rings. The van der Waals surface area contributed by atoms with Gasteiger partial charge in [0, 0.05) is 53.9 Å². The Labute approximate surface area is 320 Å². The average Bonchev–Trinajstić information content (AvgIpc) is 3.80. The quantitative estimate of drug-likeness (QED) is 0.166. The molecule has 4 nitrogen and oxygen atoms in total. The zero-order chi connectivity index (χ0) is 35.1. The normalized spacial score (nSPS) is 14.4. The Balaban J connectivity index is 1.13. The Morgan fingerprint density at radius 2 is 0.963 bits per heavy atom. The molecular formula is C46H26B2N2O2S2. The van der Waals surface area contributed by atoms with Gasteiger partial charge in [-0.15, -0.1) is 0 Å². The minimum absolute atomic E-state index is 0.0819. The maximum absolute atomic E-state index is 7.04. The molecule has 0 unspecified atom stereocenters. The van der Waals surface area contributed by atoms with Crippen molar-refractivity contribution in [1.82, 2.24) is 0 Å². The van der Waals surface area contributed by atoms with Crippen LogP contribution >= 0.6 is 23.5 Å². The highest BCUT2D eigenvalue weighted by Crippen LogP contribution is 2.48. The van der Waals surface area contributed by atoms with Gasteiger partial charge in [-0.3, -0.25) is 0 Å². The van der Waals surface area contributed by atoms with Crippen LogP contribution in [0.1, 0.15) is 0 Å². The van der Waals surface area contributed by atoms with Gasteiger partial charge in [0.2, 0.25) is 0 Å². The summed E-state index contributed by atoms with van der Waals surface area (Å²) in [6.45, 7) is -0.170. The monoisotopic (exact) mass is 724 g/mol. The second kappa shape index (κ2) is 10.8. The Morgan fingerprint density at radius 1 is 0.407 bits per heavy atom. The van der Waals surface area contributed by atoms with Crippen molar-refractivity contribution in [2.75, 3.05) is 9.80 Å². The van der Waals surface area contributed by atoms with Crippen LogP contribution in [0.3, 0.4) is 0 Å². The number of hydrogen-bond donors (Lipinski definition) is 0. The van der Waals surface area contributed by atoms with E-state index in [2.05, 4.69) is 168 Å².